The highest BCUT2D eigenvalue weighted by Crippen LogP contribution is 2.32. The first kappa shape index (κ1) is 13.5. The molecule has 0 radical (unpaired) electrons. The number of hydrogen-bond donors (Lipinski definition) is 1. The third kappa shape index (κ3) is 4.05. The van der Waals surface area contributed by atoms with Gasteiger partial charge in [-0.25, -0.2) is 0 Å². The highest BCUT2D eigenvalue weighted by Gasteiger charge is 2.16. The lowest BCUT2D eigenvalue weighted by molar-refractivity contribution is -0.152. The monoisotopic (exact) mass is 265 g/mol. The smallest absolute Gasteiger partial charge is 0.325 e. The van der Waals surface area contributed by atoms with Gasteiger partial charge in [-0.3, -0.25) is 4.79 Å². The van der Waals surface area contributed by atoms with Gasteiger partial charge in [0, 0.05) is 11.8 Å². The van der Waals surface area contributed by atoms with E-state index < -0.39 is 5.60 Å². The topological polar surface area (TPSA) is 56.8 Å². The van der Waals surface area contributed by atoms with E-state index in [1.165, 1.54) is 0 Å². The van der Waals surface area contributed by atoms with Crippen LogP contribution in [0.15, 0.2) is 18.2 Å². The molecule has 5 heteroatoms. The summed E-state index contributed by atoms with van der Waals surface area (Å²) >= 11 is 0. The Labute approximate surface area is 112 Å². The lowest BCUT2D eigenvalue weighted by Gasteiger charge is -2.21. The van der Waals surface area contributed by atoms with Crippen LogP contribution in [0.3, 0.4) is 0 Å². The molecule has 5 nitrogen and oxygen atoms in total. The third-order valence-corrected chi connectivity index (χ3v) is 2.40. The zero-order chi connectivity index (χ0) is 13.9. The second-order valence-corrected chi connectivity index (χ2v) is 5.30. The molecule has 0 aliphatic carbocycles. The summed E-state index contributed by atoms with van der Waals surface area (Å²) in [6, 6.07) is 5.49. The maximum atomic E-state index is 11.6. The van der Waals surface area contributed by atoms with E-state index in [-0.39, 0.29) is 12.5 Å². The molecule has 1 heterocycles. The second kappa shape index (κ2) is 5.38. The lowest BCUT2D eigenvalue weighted by atomic mass is 10.2. The van der Waals surface area contributed by atoms with Crippen molar-refractivity contribution < 1.29 is 19.0 Å². The summed E-state index contributed by atoms with van der Waals surface area (Å²) in [5.41, 5.74) is 0.334. The highest BCUT2D eigenvalue weighted by atomic mass is 16.6. The Balaban J connectivity index is 1.91. The Hall–Kier alpha value is -1.91. The van der Waals surface area contributed by atoms with E-state index in [9.17, 15) is 4.79 Å². The summed E-state index contributed by atoms with van der Waals surface area (Å²) in [4.78, 5) is 11.6. The lowest BCUT2D eigenvalue weighted by Crippen LogP contribution is -2.28. The average molecular weight is 265 g/mol. The largest absolute Gasteiger partial charge is 0.486 e. The first-order chi connectivity index (χ1) is 8.94. The van der Waals surface area contributed by atoms with Gasteiger partial charge in [0.25, 0.3) is 0 Å². The molecule has 0 atom stereocenters. The summed E-state index contributed by atoms with van der Waals surface area (Å²) in [5, 5.41) is 3.01. The molecule has 104 valence electrons. The average Bonchev–Trinajstić information content (AvgIpc) is 2.34. The number of rotatable bonds is 3. The Kier molecular flexibility index (Phi) is 3.83. The van der Waals surface area contributed by atoms with Gasteiger partial charge in [0.15, 0.2) is 11.5 Å². The van der Waals surface area contributed by atoms with Crippen LogP contribution >= 0.6 is 0 Å². The van der Waals surface area contributed by atoms with Crippen LogP contribution in [0.2, 0.25) is 0 Å². The number of carbonyl (C=O) groups is 1. The van der Waals surface area contributed by atoms with Crippen molar-refractivity contribution in [2.45, 2.75) is 26.4 Å². The molecule has 1 aromatic rings. The molecule has 0 spiro atoms. The number of hydrogen-bond acceptors (Lipinski definition) is 5. The zero-order valence-electron chi connectivity index (χ0n) is 11.5. The minimum atomic E-state index is -0.467. The molecule has 0 aromatic heterocycles. The van der Waals surface area contributed by atoms with Crippen molar-refractivity contribution in [1.29, 1.82) is 0 Å². The van der Waals surface area contributed by atoms with Crippen molar-refractivity contribution in [2.75, 3.05) is 25.1 Å². The van der Waals surface area contributed by atoms with Crippen molar-refractivity contribution in [2.24, 2.45) is 0 Å². The van der Waals surface area contributed by atoms with E-state index in [0.29, 0.717) is 19.0 Å². The van der Waals surface area contributed by atoms with Crippen LogP contribution in [0.4, 0.5) is 5.69 Å². The van der Waals surface area contributed by atoms with Gasteiger partial charge in [0.1, 0.15) is 25.4 Å². The first-order valence-electron chi connectivity index (χ1n) is 6.29. The molecule has 19 heavy (non-hydrogen) atoms. The van der Waals surface area contributed by atoms with Gasteiger partial charge in [-0.05, 0) is 32.9 Å². The third-order valence-electron chi connectivity index (χ3n) is 2.40. The van der Waals surface area contributed by atoms with Crippen molar-refractivity contribution in [3.8, 4) is 11.5 Å². The molecular weight excluding hydrogens is 246 g/mol. The molecule has 0 bridgehead atoms. The first-order valence-corrected chi connectivity index (χ1v) is 6.29. The van der Waals surface area contributed by atoms with E-state index in [2.05, 4.69) is 5.32 Å². The predicted molar refractivity (Wildman–Crippen MR) is 71.8 cm³/mol. The number of ether oxygens (including phenoxy) is 3. The fourth-order valence-corrected chi connectivity index (χ4v) is 1.71. The molecular formula is C14H19NO4. The Morgan fingerprint density at radius 3 is 2.63 bits per heavy atom. The van der Waals surface area contributed by atoms with E-state index in [1.807, 2.05) is 39.0 Å². The Morgan fingerprint density at radius 1 is 1.26 bits per heavy atom. The summed E-state index contributed by atoms with van der Waals surface area (Å²) in [6.07, 6.45) is 0. The summed E-state index contributed by atoms with van der Waals surface area (Å²) in [6.45, 7) is 6.76. The molecule has 0 unspecified atom stereocenters. The predicted octanol–water partition coefficient (Wildman–Crippen LogP) is 2.21. The minimum absolute atomic E-state index is 0.122. The van der Waals surface area contributed by atoms with Gasteiger partial charge in [-0.2, -0.15) is 0 Å². The van der Waals surface area contributed by atoms with Crippen LogP contribution < -0.4 is 14.8 Å². The maximum absolute atomic E-state index is 11.6. The van der Waals surface area contributed by atoms with Crippen LogP contribution in [0, 0.1) is 0 Å². The zero-order valence-corrected chi connectivity index (χ0v) is 11.5. The van der Waals surface area contributed by atoms with Gasteiger partial charge in [-0.1, -0.05) is 0 Å². The van der Waals surface area contributed by atoms with E-state index in [4.69, 9.17) is 14.2 Å². The van der Waals surface area contributed by atoms with Gasteiger partial charge in [0.2, 0.25) is 0 Å². The second-order valence-electron chi connectivity index (χ2n) is 5.30. The molecule has 1 aliphatic heterocycles. The standard InChI is InChI=1S/C14H19NO4/c1-14(2,3)19-13(16)9-15-10-4-5-11-12(8-10)18-7-6-17-11/h4-5,8,15H,6-7,9H2,1-3H3. The molecule has 2 rings (SSSR count). The van der Waals surface area contributed by atoms with Gasteiger partial charge >= 0.3 is 5.97 Å². The fraction of sp³-hybridized carbons (Fsp3) is 0.500. The number of nitrogens with one attached hydrogen (secondary N) is 1. The van der Waals surface area contributed by atoms with E-state index in [0.717, 1.165) is 11.4 Å². The molecule has 1 N–H and O–H groups in total. The minimum Gasteiger partial charge on any atom is -0.486 e. The maximum Gasteiger partial charge on any atom is 0.325 e. The van der Waals surface area contributed by atoms with Crippen LogP contribution in [-0.2, 0) is 9.53 Å². The number of fused-ring (bicyclic) bond motifs is 1. The van der Waals surface area contributed by atoms with Crippen molar-refractivity contribution >= 4 is 11.7 Å². The molecule has 0 fully saturated rings. The van der Waals surface area contributed by atoms with Crippen LogP contribution in [0.5, 0.6) is 11.5 Å². The number of anilines is 1. The Morgan fingerprint density at radius 2 is 1.95 bits per heavy atom. The van der Waals surface area contributed by atoms with Gasteiger partial charge in [0.05, 0.1) is 0 Å². The number of carbonyl (C=O) groups excluding carboxylic acids is 1. The fourth-order valence-electron chi connectivity index (χ4n) is 1.71. The quantitative estimate of drug-likeness (QED) is 0.849. The van der Waals surface area contributed by atoms with Crippen LogP contribution in [0.25, 0.3) is 0 Å². The summed E-state index contributed by atoms with van der Waals surface area (Å²) in [5.74, 6) is 1.14. The number of benzene rings is 1. The molecule has 0 saturated heterocycles. The molecule has 0 amide bonds. The van der Waals surface area contributed by atoms with Crippen molar-refractivity contribution in [3.63, 3.8) is 0 Å². The van der Waals surface area contributed by atoms with Crippen molar-refractivity contribution in [1.82, 2.24) is 0 Å². The van der Waals surface area contributed by atoms with E-state index >= 15 is 0 Å². The summed E-state index contributed by atoms with van der Waals surface area (Å²) in [7, 11) is 0. The summed E-state index contributed by atoms with van der Waals surface area (Å²) < 4.78 is 16.1. The SMILES string of the molecule is CC(C)(C)OC(=O)CNc1ccc2c(c1)OCCO2. The van der Waals surface area contributed by atoms with Crippen molar-refractivity contribution in [3.05, 3.63) is 18.2 Å². The normalized spacial score (nSPS) is 13.8. The molecule has 0 saturated carbocycles. The van der Waals surface area contributed by atoms with Crippen LogP contribution in [-0.4, -0.2) is 31.3 Å². The number of esters is 1. The Bertz CT molecular complexity index is 465. The molecule has 1 aromatic carbocycles. The molecule has 1 aliphatic rings. The van der Waals surface area contributed by atoms with Gasteiger partial charge in [-0.15, -0.1) is 0 Å². The van der Waals surface area contributed by atoms with Crippen LogP contribution in [0.1, 0.15) is 20.8 Å². The van der Waals surface area contributed by atoms with Gasteiger partial charge < -0.3 is 19.5 Å². The highest BCUT2D eigenvalue weighted by molar-refractivity contribution is 5.75. The van der Waals surface area contributed by atoms with E-state index in [1.54, 1.807) is 0 Å².